The fraction of sp³-hybridized carbons (Fsp3) is 0.357. The van der Waals surface area contributed by atoms with E-state index < -0.39 is 59.7 Å². The quantitative estimate of drug-likeness (QED) is 0.114. The van der Waals surface area contributed by atoms with E-state index in [0.717, 1.165) is 0 Å². The van der Waals surface area contributed by atoms with Crippen LogP contribution in [0.4, 0.5) is 0 Å². The van der Waals surface area contributed by atoms with E-state index in [1.807, 2.05) is 0 Å². The summed E-state index contributed by atoms with van der Waals surface area (Å²) >= 11 is 0. The van der Waals surface area contributed by atoms with Gasteiger partial charge in [-0.1, -0.05) is 42.5 Å². The SMILES string of the molecule is NC(=O)CCC(NC(=O)C(N)CCC(=O)O)C(=O)NC(Cc1ccccc1)C(=O)NC(Cc1ccc(O)cc1)C(=O)O. The molecule has 14 heteroatoms. The first kappa shape index (κ1) is 33.2. The zero-order valence-electron chi connectivity index (χ0n) is 22.7. The minimum Gasteiger partial charge on any atom is -0.508 e. The Balaban J connectivity index is 2.25. The van der Waals surface area contributed by atoms with E-state index in [9.17, 15) is 39.0 Å². The van der Waals surface area contributed by atoms with Crippen LogP contribution >= 0.6 is 0 Å². The molecule has 0 saturated carbocycles. The topological polar surface area (TPSA) is 251 Å². The van der Waals surface area contributed by atoms with Gasteiger partial charge in [-0.05, 0) is 36.1 Å². The lowest BCUT2D eigenvalue weighted by atomic mass is 10.0. The highest BCUT2D eigenvalue weighted by atomic mass is 16.4. The van der Waals surface area contributed by atoms with Crippen LogP contribution in [0, 0.1) is 0 Å². The molecule has 4 unspecified atom stereocenters. The molecule has 0 aliphatic heterocycles. The number of rotatable bonds is 17. The molecular formula is C28H35N5O9. The number of carboxylic acids is 2. The minimum atomic E-state index is -1.38. The average molecular weight is 586 g/mol. The van der Waals surface area contributed by atoms with Gasteiger partial charge in [0.15, 0.2) is 0 Å². The predicted molar refractivity (Wildman–Crippen MR) is 149 cm³/mol. The van der Waals surface area contributed by atoms with Crippen molar-refractivity contribution >= 4 is 35.6 Å². The molecule has 4 atom stereocenters. The molecule has 0 bridgehead atoms. The molecule has 0 aliphatic rings. The number of hydrogen-bond acceptors (Lipinski definition) is 8. The zero-order chi connectivity index (χ0) is 31.2. The third kappa shape index (κ3) is 11.6. The van der Waals surface area contributed by atoms with Crippen LogP contribution in [0.15, 0.2) is 54.6 Å². The molecule has 0 fully saturated rings. The molecule has 14 nitrogen and oxygen atoms in total. The minimum absolute atomic E-state index is 0.0129. The molecule has 0 aliphatic carbocycles. The third-order valence-corrected chi connectivity index (χ3v) is 6.22. The lowest BCUT2D eigenvalue weighted by Gasteiger charge is -2.25. The lowest BCUT2D eigenvalue weighted by Crippen LogP contribution is -2.58. The highest BCUT2D eigenvalue weighted by Crippen LogP contribution is 2.12. The number of carbonyl (C=O) groups is 6. The first-order valence-corrected chi connectivity index (χ1v) is 13.1. The Morgan fingerprint density at radius 1 is 0.667 bits per heavy atom. The number of carboxylic acid groups (broad SMARTS) is 2. The number of hydrogen-bond donors (Lipinski definition) is 8. The van der Waals surface area contributed by atoms with Gasteiger partial charge in [0.1, 0.15) is 23.9 Å². The number of nitrogens with two attached hydrogens (primary N) is 2. The number of carbonyl (C=O) groups excluding carboxylic acids is 4. The molecule has 10 N–H and O–H groups in total. The largest absolute Gasteiger partial charge is 0.508 e. The Morgan fingerprint density at radius 3 is 1.76 bits per heavy atom. The third-order valence-electron chi connectivity index (χ3n) is 6.22. The molecule has 0 heterocycles. The number of aromatic hydroxyl groups is 1. The second-order valence-electron chi connectivity index (χ2n) is 9.63. The van der Waals surface area contributed by atoms with Crippen molar-refractivity contribution in [3.8, 4) is 5.75 Å². The molecule has 2 aromatic rings. The average Bonchev–Trinajstić information content (AvgIpc) is 2.94. The Hall–Kier alpha value is -4.98. The highest BCUT2D eigenvalue weighted by molar-refractivity contribution is 5.94. The maximum Gasteiger partial charge on any atom is 0.326 e. The van der Waals surface area contributed by atoms with Crippen molar-refractivity contribution in [1.82, 2.24) is 16.0 Å². The van der Waals surface area contributed by atoms with Crippen LogP contribution in [0.2, 0.25) is 0 Å². The summed E-state index contributed by atoms with van der Waals surface area (Å²) in [6.45, 7) is 0. The van der Waals surface area contributed by atoms with E-state index in [1.54, 1.807) is 30.3 Å². The second kappa shape index (κ2) is 16.3. The second-order valence-corrected chi connectivity index (χ2v) is 9.63. The number of phenols is 1. The fourth-order valence-corrected chi connectivity index (χ4v) is 3.92. The van der Waals surface area contributed by atoms with Gasteiger partial charge >= 0.3 is 11.9 Å². The van der Waals surface area contributed by atoms with Gasteiger partial charge in [0.25, 0.3) is 0 Å². The summed E-state index contributed by atoms with van der Waals surface area (Å²) < 4.78 is 0. The van der Waals surface area contributed by atoms with Crippen LogP contribution < -0.4 is 27.4 Å². The van der Waals surface area contributed by atoms with Crippen LogP contribution in [-0.2, 0) is 41.6 Å². The first-order chi connectivity index (χ1) is 19.8. The summed E-state index contributed by atoms with van der Waals surface area (Å²) in [5.41, 5.74) is 12.1. The van der Waals surface area contributed by atoms with E-state index in [-0.39, 0.29) is 44.3 Å². The smallest absolute Gasteiger partial charge is 0.326 e. The van der Waals surface area contributed by atoms with Crippen molar-refractivity contribution in [2.75, 3.05) is 0 Å². The van der Waals surface area contributed by atoms with Crippen LogP contribution in [0.1, 0.15) is 36.8 Å². The zero-order valence-corrected chi connectivity index (χ0v) is 22.7. The maximum absolute atomic E-state index is 13.3. The van der Waals surface area contributed by atoms with Gasteiger partial charge in [-0.3, -0.25) is 24.0 Å². The van der Waals surface area contributed by atoms with E-state index in [4.69, 9.17) is 16.6 Å². The van der Waals surface area contributed by atoms with Crippen molar-refractivity contribution in [2.24, 2.45) is 11.5 Å². The van der Waals surface area contributed by atoms with Crippen LogP contribution in [0.25, 0.3) is 0 Å². The summed E-state index contributed by atoms with van der Waals surface area (Å²) in [6.07, 6.45) is -1.29. The van der Waals surface area contributed by atoms with Gasteiger partial charge in [-0.15, -0.1) is 0 Å². The summed E-state index contributed by atoms with van der Waals surface area (Å²) in [7, 11) is 0. The maximum atomic E-state index is 13.3. The Bertz CT molecular complexity index is 1250. The van der Waals surface area contributed by atoms with Crippen molar-refractivity contribution in [1.29, 1.82) is 0 Å². The van der Waals surface area contributed by atoms with Crippen LogP contribution in [0.3, 0.4) is 0 Å². The highest BCUT2D eigenvalue weighted by Gasteiger charge is 2.31. The van der Waals surface area contributed by atoms with Crippen molar-refractivity contribution < 1.29 is 44.1 Å². The van der Waals surface area contributed by atoms with E-state index >= 15 is 0 Å². The molecule has 0 saturated heterocycles. The van der Waals surface area contributed by atoms with E-state index in [1.165, 1.54) is 24.3 Å². The number of nitrogens with one attached hydrogen (secondary N) is 3. The van der Waals surface area contributed by atoms with Gasteiger partial charge in [-0.25, -0.2) is 4.79 Å². The van der Waals surface area contributed by atoms with E-state index in [2.05, 4.69) is 16.0 Å². The van der Waals surface area contributed by atoms with Crippen LogP contribution in [0.5, 0.6) is 5.75 Å². The van der Waals surface area contributed by atoms with Gasteiger partial charge in [-0.2, -0.15) is 0 Å². The number of benzene rings is 2. The standard InChI is InChI=1S/C28H35N5O9/c29-19(10-13-24(36)37)25(38)31-20(11-12-23(30)35)26(39)32-21(14-16-4-2-1-3-5-16)27(40)33-22(28(41)42)15-17-6-8-18(34)9-7-17/h1-9,19-22,34H,10-15,29H2,(H2,30,35)(H,31,38)(H,32,39)(H,33,40)(H,36,37)(H,41,42). The molecule has 42 heavy (non-hydrogen) atoms. The molecule has 226 valence electrons. The van der Waals surface area contributed by atoms with Crippen molar-refractivity contribution in [2.45, 2.75) is 62.7 Å². The number of phenolic OH excluding ortho intramolecular Hbond substituents is 1. The van der Waals surface area contributed by atoms with Crippen molar-refractivity contribution in [3.63, 3.8) is 0 Å². The molecule has 0 aromatic heterocycles. The van der Waals surface area contributed by atoms with E-state index in [0.29, 0.717) is 11.1 Å². The van der Waals surface area contributed by atoms with Gasteiger partial charge < -0.3 is 42.7 Å². The Morgan fingerprint density at radius 2 is 1.19 bits per heavy atom. The molecule has 2 aromatic carbocycles. The summed E-state index contributed by atoms with van der Waals surface area (Å²) in [5, 5.41) is 35.4. The Labute approximate surface area is 241 Å². The summed E-state index contributed by atoms with van der Waals surface area (Å²) in [5.74, 6) is -5.79. The number of amides is 4. The number of aliphatic carboxylic acids is 2. The summed E-state index contributed by atoms with van der Waals surface area (Å²) in [4.78, 5) is 73.4. The lowest BCUT2D eigenvalue weighted by molar-refractivity contribution is -0.142. The number of primary amides is 1. The first-order valence-electron chi connectivity index (χ1n) is 13.1. The van der Waals surface area contributed by atoms with Gasteiger partial charge in [0.2, 0.25) is 23.6 Å². The summed E-state index contributed by atoms with van der Waals surface area (Å²) in [6, 6.07) is 9.05. The fourth-order valence-electron chi connectivity index (χ4n) is 3.92. The monoisotopic (exact) mass is 585 g/mol. The molecule has 2 rings (SSSR count). The molecule has 0 spiro atoms. The van der Waals surface area contributed by atoms with Gasteiger partial charge in [0, 0.05) is 25.7 Å². The Kier molecular flexibility index (Phi) is 12.9. The molecule has 0 radical (unpaired) electrons. The van der Waals surface area contributed by atoms with Gasteiger partial charge in [0.05, 0.1) is 6.04 Å². The van der Waals surface area contributed by atoms with Crippen molar-refractivity contribution in [3.05, 3.63) is 65.7 Å². The predicted octanol–water partition coefficient (Wildman–Crippen LogP) is -0.826. The molecular weight excluding hydrogens is 550 g/mol. The normalized spacial score (nSPS) is 13.5. The van der Waals surface area contributed by atoms with Crippen LogP contribution in [-0.4, -0.2) is 75.1 Å². The molecule has 4 amide bonds.